The molecule has 0 atom stereocenters. The third-order valence-corrected chi connectivity index (χ3v) is 2.47. The average Bonchev–Trinajstić information content (AvgIpc) is 2.16. The van der Waals surface area contributed by atoms with Crippen LogP contribution in [0.1, 0.15) is 15.9 Å². The van der Waals surface area contributed by atoms with Gasteiger partial charge in [-0.05, 0) is 17.2 Å². The summed E-state index contributed by atoms with van der Waals surface area (Å²) < 4.78 is 0. The summed E-state index contributed by atoms with van der Waals surface area (Å²) in [6.45, 7) is 0. The van der Waals surface area contributed by atoms with Crippen molar-refractivity contribution in [2.24, 2.45) is 0 Å². The summed E-state index contributed by atoms with van der Waals surface area (Å²) in [6.07, 6.45) is 0. The van der Waals surface area contributed by atoms with Crippen molar-refractivity contribution in [3.63, 3.8) is 0 Å². The molecule has 4 nitrogen and oxygen atoms in total. The Morgan fingerprint density at radius 3 is 2.64 bits per heavy atom. The molecule has 0 saturated heterocycles. The Labute approximate surface area is 93.1 Å². The number of alkyl halides is 1. The molecular formula is C8H5BrClNO3. The van der Waals surface area contributed by atoms with Gasteiger partial charge in [0.25, 0.3) is 10.9 Å². The van der Waals surface area contributed by atoms with Crippen LogP contribution in [0, 0.1) is 10.1 Å². The van der Waals surface area contributed by atoms with E-state index in [2.05, 4.69) is 15.9 Å². The molecule has 0 spiro atoms. The summed E-state index contributed by atoms with van der Waals surface area (Å²) in [4.78, 5) is 20.8. The minimum Gasteiger partial charge on any atom is -0.276 e. The lowest BCUT2D eigenvalue weighted by Gasteiger charge is -2.01. The Hall–Kier alpha value is -0.940. The predicted octanol–water partition coefficient (Wildman–Crippen LogP) is 2.87. The van der Waals surface area contributed by atoms with Gasteiger partial charge in [-0.2, -0.15) is 0 Å². The summed E-state index contributed by atoms with van der Waals surface area (Å²) >= 11 is 8.44. The van der Waals surface area contributed by atoms with E-state index in [0.717, 1.165) is 0 Å². The third-order valence-electron chi connectivity index (χ3n) is 1.66. The largest absolute Gasteiger partial charge is 0.276 e. The zero-order valence-corrected chi connectivity index (χ0v) is 9.21. The second kappa shape index (κ2) is 4.52. The van der Waals surface area contributed by atoms with Crippen LogP contribution in [0.3, 0.4) is 0 Å². The van der Waals surface area contributed by atoms with E-state index in [-0.39, 0.29) is 11.3 Å². The van der Waals surface area contributed by atoms with E-state index < -0.39 is 10.2 Å². The van der Waals surface area contributed by atoms with E-state index in [9.17, 15) is 14.9 Å². The summed E-state index contributed by atoms with van der Waals surface area (Å²) in [5.41, 5.74) is 0.659. The second-order valence-corrected chi connectivity index (χ2v) is 3.41. The molecule has 0 fully saturated rings. The predicted molar refractivity (Wildman–Crippen MR) is 55.9 cm³/mol. The first-order valence-corrected chi connectivity index (χ1v) is 5.09. The van der Waals surface area contributed by atoms with Crippen molar-refractivity contribution in [3.05, 3.63) is 39.4 Å². The summed E-state index contributed by atoms with van der Waals surface area (Å²) in [5.74, 6) is 0. The van der Waals surface area contributed by atoms with E-state index in [1.54, 1.807) is 0 Å². The molecule has 1 aromatic carbocycles. The first-order chi connectivity index (χ1) is 6.56. The molecule has 0 radical (unpaired) electrons. The molecule has 1 rings (SSSR count). The van der Waals surface area contributed by atoms with Gasteiger partial charge in [-0.3, -0.25) is 14.9 Å². The molecule has 0 aromatic heterocycles. The number of rotatable bonds is 3. The highest BCUT2D eigenvalue weighted by molar-refractivity contribution is 9.08. The number of hydrogen-bond donors (Lipinski definition) is 0. The number of hydrogen-bond acceptors (Lipinski definition) is 3. The molecule has 0 heterocycles. The molecule has 74 valence electrons. The van der Waals surface area contributed by atoms with Crippen LogP contribution in [0.5, 0.6) is 0 Å². The molecule has 14 heavy (non-hydrogen) atoms. The maximum absolute atomic E-state index is 10.9. The molecular weight excluding hydrogens is 273 g/mol. The number of carbonyl (C=O) groups is 1. The smallest absolute Gasteiger partial charge is 0.270 e. The summed E-state index contributed by atoms with van der Waals surface area (Å²) in [5, 5.41) is 10.2. The molecule has 0 aliphatic rings. The van der Waals surface area contributed by atoms with Gasteiger partial charge in [0.05, 0.1) is 4.92 Å². The lowest BCUT2D eigenvalue weighted by atomic mass is 10.1. The number of non-ortho nitro benzene ring substituents is 1. The van der Waals surface area contributed by atoms with Crippen LogP contribution in [0.4, 0.5) is 5.69 Å². The fourth-order valence-corrected chi connectivity index (χ4v) is 1.64. The SMILES string of the molecule is O=C(Cl)c1cc([N+](=O)[O-])ccc1CBr. The molecule has 0 aliphatic heterocycles. The molecule has 1 aromatic rings. The van der Waals surface area contributed by atoms with Crippen molar-refractivity contribution < 1.29 is 9.72 Å². The van der Waals surface area contributed by atoms with E-state index in [1.165, 1.54) is 18.2 Å². The van der Waals surface area contributed by atoms with Crippen LogP contribution in [-0.4, -0.2) is 10.2 Å². The normalized spacial score (nSPS) is 9.86. The van der Waals surface area contributed by atoms with Crippen molar-refractivity contribution in [2.75, 3.05) is 0 Å². The number of nitro benzene ring substituents is 1. The van der Waals surface area contributed by atoms with Gasteiger partial charge in [-0.25, -0.2) is 0 Å². The number of nitrogens with zero attached hydrogens (tertiary/aromatic N) is 1. The highest BCUT2D eigenvalue weighted by Crippen LogP contribution is 2.21. The molecule has 0 N–H and O–H groups in total. The van der Waals surface area contributed by atoms with Crippen LogP contribution in [-0.2, 0) is 5.33 Å². The van der Waals surface area contributed by atoms with Crippen molar-refractivity contribution in [2.45, 2.75) is 5.33 Å². The van der Waals surface area contributed by atoms with Gasteiger partial charge in [0.1, 0.15) is 0 Å². The average molecular weight is 278 g/mol. The Morgan fingerprint density at radius 1 is 1.57 bits per heavy atom. The van der Waals surface area contributed by atoms with E-state index in [0.29, 0.717) is 10.9 Å². The first-order valence-electron chi connectivity index (χ1n) is 3.59. The van der Waals surface area contributed by atoms with Crippen molar-refractivity contribution >= 4 is 38.5 Å². The minimum absolute atomic E-state index is 0.140. The lowest BCUT2D eigenvalue weighted by molar-refractivity contribution is -0.384. The number of carbonyl (C=O) groups excluding carboxylic acids is 1. The maximum Gasteiger partial charge on any atom is 0.270 e. The molecule has 0 bridgehead atoms. The number of nitro groups is 1. The van der Waals surface area contributed by atoms with E-state index in [1.807, 2.05) is 0 Å². The molecule has 0 unspecified atom stereocenters. The van der Waals surface area contributed by atoms with Crippen molar-refractivity contribution in [1.29, 1.82) is 0 Å². The summed E-state index contributed by atoms with van der Waals surface area (Å²) in [6, 6.07) is 4.01. The van der Waals surface area contributed by atoms with Crippen LogP contribution in [0.15, 0.2) is 18.2 Å². The molecule has 6 heteroatoms. The topological polar surface area (TPSA) is 60.2 Å². The van der Waals surface area contributed by atoms with Gasteiger partial charge in [0.2, 0.25) is 0 Å². The van der Waals surface area contributed by atoms with Gasteiger partial charge in [-0.1, -0.05) is 22.0 Å². The number of benzene rings is 1. The fourth-order valence-electron chi connectivity index (χ4n) is 0.978. The Kier molecular flexibility index (Phi) is 3.60. The van der Waals surface area contributed by atoms with Gasteiger partial charge in [-0.15, -0.1) is 0 Å². The molecule has 0 saturated carbocycles. The van der Waals surface area contributed by atoms with Crippen LogP contribution >= 0.6 is 27.5 Å². The molecule has 0 aliphatic carbocycles. The highest BCUT2D eigenvalue weighted by Gasteiger charge is 2.14. The van der Waals surface area contributed by atoms with Gasteiger partial charge in [0.15, 0.2) is 0 Å². The zero-order valence-electron chi connectivity index (χ0n) is 6.87. The van der Waals surface area contributed by atoms with Gasteiger partial charge >= 0.3 is 0 Å². The Balaban J connectivity index is 3.27. The van der Waals surface area contributed by atoms with Crippen LogP contribution in [0.25, 0.3) is 0 Å². The Morgan fingerprint density at radius 2 is 2.21 bits per heavy atom. The first kappa shape index (κ1) is 11.1. The van der Waals surface area contributed by atoms with Gasteiger partial charge < -0.3 is 0 Å². The Bertz CT molecular complexity index is 394. The zero-order chi connectivity index (χ0) is 10.7. The number of halogens is 2. The summed E-state index contributed by atoms with van der Waals surface area (Å²) in [7, 11) is 0. The monoisotopic (exact) mass is 277 g/mol. The molecule has 0 amide bonds. The minimum atomic E-state index is -0.692. The van der Waals surface area contributed by atoms with E-state index in [4.69, 9.17) is 11.6 Å². The van der Waals surface area contributed by atoms with Crippen LogP contribution in [0.2, 0.25) is 0 Å². The van der Waals surface area contributed by atoms with Crippen molar-refractivity contribution in [1.82, 2.24) is 0 Å². The van der Waals surface area contributed by atoms with E-state index >= 15 is 0 Å². The van der Waals surface area contributed by atoms with Gasteiger partial charge in [0, 0.05) is 23.0 Å². The maximum atomic E-state index is 10.9. The van der Waals surface area contributed by atoms with Crippen molar-refractivity contribution in [3.8, 4) is 0 Å². The standard InChI is InChI=1S/C8H5BrClNO3/c9-4-5-1-2-6(11(13)14)3-7(5)8(10)12/h1-3H,4H2. The second-order valence-electron chi connectivity index (χ2n) is 2.51. The quantitative estimate of drug-likeness (QED) is 0.370. The highest BCUT2D eigenvalue weighted by atomic mass is 79.9. The third kappa shape index (κ3) is 2.30. The van der Waals surface area contributed by atoms with Crippen LogP contribution < -0.4 is 0 Å². The lowest BCUT2D eigenvalue weighted by Crippen LogP contribution is -1.98. The fraction of sp³-hybridized carbons (Fsp3) is 0.125.